The van der Waals surface area contributed by atoms with Crippen molar-refractivity contribution in [1.29, 1.82) is 0 Å². The van der Waals surface area contributed by atoms with Crippen molar-refractivity contribution < 1.29 is 0 Å². The second-order valence-electron chi connectivity index (χ2n) is 5.40. The number of aryl methyl sites for hydroxylation is 2. The van der Waals surface area contributed by atoms with E-state index in [0.29, 0.717) is 32.7 Å². The summed E-state index contributed by atoms with van der Waals surface area (Å²) < 4.78 is 4.14. The van der Waals surface area contributed by atoms with E-state index in [0.717, 1.165) is 4.57 Å². The van der Waals surface area contributed by atoms with Crippen LogP contribution in [0.25, 0.3) is 11.2 Å². The molecule has 0 aliphatic heterocycles. The highest BCUT2D eigenvalue weighted by Crippen LogP contribution is 2.22. The number of halogens is 2. The second-order valence-corrected chi connectivity index (χ2v) is 6.21. The van der Waals surface area contributed by atoms with Crippen LogP contribution < -0.4 is 16.6 Å². The first kappa shape index (κ1) is 16.6. The number of anilines is 1. The van der Waals surface area contributed by atoms with Gasteiger partial charge in [-0.2, -0.15) is 4.98 Å². The predicted molar refractivity (Wildman–Crippen MR) is 95.3 cm³/mol. The van der Waals surface area contributed by atoms with Crippen LogP contribution in [0.4, 0.5) is 5.95 Å². The molecule has 0 spiro atoms. The van der Waals surface area contributed by atoms with Crippen molar-refractivity contribution in [3.05, 3.63) is 54.6 Å². The number of rotatable bonds is 3. The molecule has 3 aromatic rings. The maximum atomic E-state index is 12.8. The summed E-state index contributed by atoms with van der Waals surface area (Å²) >= 11 is 11.9. The third-order valence-corrected chi connectivity index (χ3v) is 4.65. The third kappa shape index (κ3) is 2.50. The largest absolute Gasteiger partial charge is 0.359 e. The van der Waals surface area contributed by atoms with E-state index >= 15 is 0 Å². The van der Waals surface area contributed by atoms with E-state index < -0.39 is 11.2 Å². The third-order valence-electron chi connectivity index (χ3n) is 3.91. The lowest BCUT2D eigenvalue weighted by Crippen LogP contribution is -2.39. The molecule has 0 aliphatic carbocycles. The van der Waals surface area contributed by atoms with E-state index in [-0.39, 0.29) is 6.54 Å². The molecule has 0 saturated carbocycles. The summed E-state index contributed by atoms with van der Waals surface area (Å²) in [6.45, 7) is 0.0956. The van der Waals surface area contributed by atoms with Gasteiger partial charge in [-0.1, -0.05) is 29.3 Å². The molecule has 0 bridgehead atoms. The molecule has 0 unspecified atom stereocenters. The maximum absolute atomic E-state index is 12.8. The summed E-state index contributed by atoms with van der Waals surface area (Å²) in [5, 5.41) is 3.69. The van der Waals surface area contributed by atoms with Crippen LogP contribution >= 0.6 is 23.2 Å². The molecule has 126 valence electrons. The highest BCUT2D eigenvalue weighted by Gasteiger charge is 2.18. The van der Waals surface area contributed by atoms with Gasteiger partial charge in [-0.05, 0) is 17.7 Å². The Bertz CT molecular complexity index is 1060. The highest BCUT2D eigenvalue weighted by molar-refractivity contribution is 6.42. The van der Waals surface area contributed by atoms with Gasteiger partial charge in [-0.3, -0.25) is 13.9 Å². The first-order valence-electron chi connectivity index (χ1n) is 7.13. The summed E-state index contributed by atoms with van der Waals surface area (Å²) in [7, 11) is 5.01. The number of imidazole rings is 1. The Labute approximate surface area is 147 Å². The van der Waals surface area contributed by atoms with Crippen molar-refractivity contribution in [1.82, 2.24) is 18.7 Å². The number of fused-ring (bicyclic) bond motifs is 1. The quantitative estimate of drug-likeness (QED) is 0.766. The number of nitrogens with zero attached hydrogens (tertiary/aromatic N) is 4. The van der Waals surface area contributed by atoms with Crippen LogP contribution in [0.2, 0.25) is 10.0 Å². The fraction of sp³-hybridized carbons (Fsp3) is 0.267. The standard InChI is InChI=1S/C15H15Cl2N5O2/c1-18-14-19-12-11(20(14)2)13(23)22(15(24)21(12)3)7-8-4-5-9(16)10(17)6-8/h4-6H,7H2,1-3H3,(H,18,19). The number of hydrogen-bond acceptors (Lipinski definition) is 4. The van der Waals surface area contributed by atoms with Crippen LogP contribution in [0.15, 0.2) is 27.8 Å². The Morgan fingerprint density at radius 2 is 1.83 bits per heavy atom. The fourth-order valence-electron chi connectivity index (χ4n) is 2.63. The van der Waals surface area contributed by atoms with E-state index in [9.17, 15) is 9.59 Å². The molecule has 1 N–H and O–H groups in total. The topological polar surface area (TPSA) is 73.8 Å². The normalized spacial score (nSPS) is 11.2. The monoisotopic (exact) mass is 367 g/mol. The van der Waals surface area contributed by atoms with Crippen LogP contribution in [0.5, 0.6) is 0 Å². The van der Waals surface area contributed by atoms with Gasteiger partial charge in [0.2, 0.25) is 5.95 Å². The maximum Gasteiger partial charge on any atom is 0.332 e. The minimum absolute atomic E-state index is 0.0956. The average Bonchev–Trinajstić information content (AvgIpc) is 2.89. The zero-order valence-corrected chi connectivity index (χ0v) is 14.8. The summed E-state index contributed by atoms with van der Waals surface area (Å²) in [5.41, 5.74) is 0.540. The molecular formula is C15H15Cl2N5O2. The first-order valence-corrected chi connectivity index (χ1v) is 7.88. The molecule has 7 nitrogen and oxygen atoms in total. The van der Waals surface area contributed by atoms with Gasteiger partial charge in [0, 0.05) is 21.1 Å². The van der Waals surface area contributed by atoms with Gasteiger partial charge in [-0.25, -0.2) is 4.79 Å². The van der Waals surface area contributed by atoms with Crippen LogP contribution in [0.3, 0.4) is 0 Å². The highest BCUT2D eigenvalue weighted by atomic mass is 35.5. The van der Waals surface area contributed by atoms with E-state index in [4.69, 9.17) is 23.2 Å². The first-order chi connectivity index (χ1) is 11.3. The van der Waals surface area contributed by atoms with Gasteiger partial charge in [0.05, 0.1) is 16.6 Å². The fourth-order valence-corrected chi connectivity index (χ4v) is 2.95. The summed E-state index contributed by atoms with van der Waals surface area (Å²) in [6, 6.07) is 5.01. The SMILES string of the molecule is CNc1nc2c(c(=O)n(Cc3ccc(Cl)c(Cl)c3)c(=O)n2C)n1C. The van der Waals surface area contributed by atoms with Crippen LogP contribution in [0, 0.1) is 0 Å². The predicted octanol–water partition coefficient (Wildman–Crippen LogP) is 1.83. The van der Waals surface area contributed by atoms with Gasteiger partial charge in [0.15, 0.2) is 11.2 Å². The molecule has 0 aliphatic rings. The molecule has 3 rings (SSSR count). The number of nitrogens with one attached hydrogen (secondary N) is 1. The van der Waals surface area contributed by atoms with E-state index in [1.54, 1.807) is 43.9 Å². The van der Waals surface area contributed by atoms with Gasteiger partial charge in [0.1, 0.15) is 0 Å². The van der Waals surface area contributed by atoms with Gasteiger partial charge < -0.3 is 9.88 Å². The van der Waals surface area contributed by atoms with Crippen LogP contribution in [-0.2, 0) is 20.6 Å². The summed E-state index contributed by atoms with van der Waals surface area (Å²) in [5.74, 6) is 0.504. The lowest BCUT2D eigenvalue weighted by atomic mass is 10.2. The number of hydrogen-bond donors (Lipinski definition) is 1. The summed E-state index contributed by atoms with van der Waals surface area (Å²) in [4.78, 5) is 29.7. The number of aromatic nitrogens is 4. The lowest BCUT2D eigenvalue weighted by molar-refractivity contribution is 0.655. The molecule has 0 radical (unpaired) electrons. The smallest absolute Gasteiger partial charge is 0.332 e. The van der Waals surface area contributed by atoms with Gasteiger partial charge in [-0.15, -0.1) is 0 Å². The molecule has 0 fully saturated rings. The Balaban J connectivity index is 2.24. The molecule has 0 amide bonds. The van der Waals surface area contributed by atoms with E-state index in [1.807, 2.05) is 0 Å². The molecule has 2 aromatic heterocycles. The average molecular weight is 368 g/mol. The molecule has 9 heteroatoms. The Kier molecular flexibility index (Phi) is 4.15. The van der Waals surface area contributed by atoms with Crippen molar-refractivity contribution in [3.8, 4) is 0 Å². The van der Waals surface area contributed by atoms with Crippen molar-refractivity contribution in [3.63, 3.8) is 0 Å². The lowest BCUT2D eigenvalue weighted by Gasteiger charge is -2.09. The van der Waals surface area contributed by atoms with Crippen molar-refractivity contribution in [2.45, 2.75) is 6.54 Å². The van der Waals surface area contributed by atoms with Crippen LogP contribution in [0.1, 0.15) is 5.56 Å². The molecular weight excluding hydrogens is 353 g/mol. The van der Waals surface area contributed by atoms with Gasteiger partial charge >= 0.3 is 5.69 Å². The van der Waals surface area contributed by atoms with Crippen molar-refractivity contribution in [2.24, 2.45) is 14.1 Å². The van der Waals surface area contributed by atoms with Crippen LogP contribution in [-0.4, -0.2) is 25.7 Å². The minimum atomic E-state index is -0.445. The van der Waals surface area contributed by atoms with E-state index in [1.165, 1.54) is 4.57 Å². The minimum Gasteiger partial charge on any atom is -0.359 e. The molecule has 0 saturated heterocycles. The Hall–Kier alpha value is -2.25. The molecule has 2 heterocycles. The Morgan fingerprint density at radius 3 is 2.46 bits per heavy atom. The summed E-state index contributed by atoms with van der Waals surface area (Å²) in [6.07, 6.45) is 0. The Morgan fingerprint density at radius 1 is 1.12 bits per heavy atom. The zero-order chi connectivity index (χ0) is 17.6. The van der Waals surface area contributed by atoms with Gasteiger partial charge in [0.25, 0.3) is 5.56 Å². The van der Waals surface area contributed by atoms with E-state index in [2.05, 4.69) is 10.3 Å². The number of benzene rings is 1. The van der Waals surface area contributed by atoms with Crippen molar-refractivity contribution >= 4 is 40.3 Å². The molecule has 24 heavy (non-hydrogen) atoms. The molecule has 1 aromatic carbocycles. The van der Waals surface area contributed by atoms with Crippen molar-refractivity contribution in [2.75, 3.05) is 12.4 Å². The zero-order valence-electron chi connectivity index (χ0n) is 13.3. The molecule has 0 atom stereocenters. The second kappa shape index (κ2) is 5.99.